The molecule has 25 heavy (non-hydrogen) atoms. The fourth-order valence-corrected chi connectivity index (χ4v) is 2.07. The summed E-state index contributed by atoms with van der Waals surface area (Å²) in [6.07, 6.45) is -2.49. The van der Waals surface area contributed by atoms with Crippen molar-refractivity contribution >= 4 is 6.09 Å². The van der Waals surface area contributed by atoms with Crippen LogP contribution in [0.4, 0.5) is 13.6 Å². The number of hydrogen-bond acceptors (Lipinski definition) is 5. The summed E-state index contributed by atoms with van der Waals surface area (Å²) < 4.78 is 30.8. The fraction of sp³-hybridized carbons (Fsp3) is 0.294. The number of benzene rings is 1. The van der Waals surface area contributed by atoms with E-state index in [1.165, 1.54) is 0 Å². The van der Waals surface area contributed by atoms with E-state index in [0.29, 0.717) is 0 Å². The number of carbonyl (C=O) groups is 1. The van der Waals surface area contributed by atoms with Crippen molar-refractivity contribution in [3.63, 3.8) is 0 Å². The van der Waals surface area contributed by atoms with Crippen LogP contribution in [0.2, 0.25) is 0 Å². The van der Waals surface area contributed by atoms with Crippen molar-refractivity contribution in [1.82, 2.24) is 10.3 Å². The molecule has 1 aromatic carbocycles. The number of ether oxygens (including phenoxy) is 1. The predicted molar refractivity (Wildman–Crippen MR) is 84.4 cm³/mol. The van der Waals surface area contributed by atoms with E-state index in [2.05, 4.69) is 10.3 Å². The van der Waals surface area contributed by atoms with Gasteiger partial charge in [0.05, 0.1) is 6.10 Å². The zero-order valence-corrected chi connectivity index (χ0v) is 13.2. The SMILES string of the molecule is O=C(NCCC(O)C(O)c1cnc(F)c(F)c1)OCc1ccccc1. The molecule has 0 aliphatic rings. The first-order valence-corrected chi connectivity index (χ1v) is 7.59. The number of alkyl carbamates (subject to hydrolysis) is 1. The smallest absolute Gasteiger partial charge is 0.407 e. The van der Waals surface area contributed by atoms with Gasteiger partial charge in [0.25, 0.3) is 0 Å². The minimum atomic E-state index is -1.45. The molecule has 6 nitrogen and oxygen atoms in total. The quantitative estimate of drug-likeness (QED) is 0.664. The summed E-state index contributed by atoms with van der Waals surface area (Å²) >= 11 is 0. The van der Waals surface area contributed by atoms with E-state index in [0.717, 1.165) is 17.8 Å². The number of aromatic nitrogens is 1. The predicted octanol–water partition coefficient (Wildman–Crippen LogP) is 2.07. The van der Waals surface area contributed by atoms with E-state index in [1.807, 2.05) is 30.3 Å². The third kappa shape index (κ3) is 5.77. The van der Waals surface area contributed by atoms with Crippen LogP contribution in [0.15, 0.2) is 42.6 Å². The number of aliphatic hydroxyl groups is 2. The number of pyridine rings is 1. The number of carbonyl (C=O) groups excluding carboxylic acids is 1. The van der Waals surface area contributed by atoms with Crippen LogP contribution in [-0.4, -0.2) is 33.9 Å². The topological polar surface area (TPSA) is 91.7 Å². The highest BCUT2D eigenvalue weighted by Gasteiger charge is 2.20. The van der Waals surface area contributed by atoms with Crippen LogP contribution >= 0.6 is 0 Å². The average Bonchev–Trinajstić information content (AvgIpc) is 2.62. The van der Waals surface area contributed by atoms with Crippen LogP contribution in [0.1, 0.15) is 23.7 Å². The maximum atomic E-state index is 13.1. The third-order valence-corrected chi connectivity index (χ3v) is 3.45. The largest absolute Gasteiger partial charge is 0.445 e. The Kier molecular flexibility index (Phi) is 6.79. The van der Waals surface area contributed by atoms with Gasteiger partial charge in [0.1, 0.15) is 12.7 Å². The van der Waals surface area contributed by atoms with Crippen LogP contribution < -0.4 is 5.32 Å². The molecule has 0 fully saturated rings. The summed E-state index contributed by atoms with van der Waals surface area (Å²) in [4.78, 5) is 14.7. The van der Waals surface area contributed by atoms with Gasteiger partial charge in [-0.2, -0.15) is 4.39 Å². The van der Waals surface area contributed by atoms with Gasteiger partial charge >= 0.3 is 6.09 Å². The molecular weight excluding hydrogens is 334 g/mol. The van der Waals surface area contributed by atoms with Gasteiger partial charge in [-0.25, -0.2) is 14.2 Å². The Balaban J connectivity index is 1.72. The zero-order chi connectivity index (χ0) is 18.2. The van der Waals surface area contributed by atoms with Crippen LogP contribution in [0, 0.1) is 11.8 Å². The highest BCUT2D eigenvalue weighted by molar-refractivity contribution is 5.67. The molecule has 1 heterocycles. The molecule has 0 saturated heterocycles. The third-order valence-electron chi connectivity index (χ3n) is 3.45. The lowest BCUT2D eigenvalue weighted by Crippen LogP contribution is -2.29. The number of rotatable bonds is 7. The van der Waals surface area contributed by atoms with Crippen LogP contribution in [-0.2, 0) is 11.3 Å². The van der Waals surface area contributed by atoms with E-state index < -0.39 is 30.1 Å². The zero-order valence-electron chi connectivity index (χ0n) is 13.2. The monoisotopic (exact) mass is 352 g/mol. The summed E-state index contributed by atoms with van der Waals surface area (Å²) in [7, 11) is 0. The summed E-state index contributed by atoms with van der Waals surface area (Å²) in [5.74, 6) is -2.50. The van der Waals surface area contributed by atoms with Gasteiger partial charge in [0.2, 0.25) is 5.95 Å². The lowest BCUT2D eigenvalue weighted by Gasteiger charge is -2.18. The molecule has 134 valence electrons. The Labute approximate surface area is 143 Å². The minimum Gasteiger partial charge on any atom is -0.445 e. The minimum absolute atomic E-state index is 0.0133. The Bertz CT molecular complexity index is 700. The molecule has 1 aromatic heterocycles. The molecule has 0 aliphatic carbocycles. The van der Waals surface area contributed by atoms with Crippen LogP contribution in [0.25, 0.3) is 0 Å². The molecule has 0 radical (unpaired) electrons. The molecule has 0 spiro atoms. The van der Waals surface area contributed by atoms with Crippen molar-refractivity contribution in [2.45, 2.75) is 25.2 Å². The standard InChI is InChI=1S/C17H18F2N2O4/c18-13-8-12(9-21-16(13)19)15(23)14(22)6-7-20-17(24)25-10-11-4-2-1-3-5-11/h1-5,8-9,14-15,22-23H,6-7,10H2,(H,20,24). The van der Waals surface area contributed by atoms with Gasteiger partial charge in [-0.05, 0) is 18.1 Å². The van der Waals surface area contributed by atoms with Crippen molar-refractivity contribution in [2.75, 3.05) is 6.54 Å². The maximum absolute atomic E-state index is 13.1. The van der Waals surface area contributed by atoms with Gasteiger partial charge in [-0.3, -0.25) is 0 Å². The Morgan fingerprint density at radius 1 is 1.24 bits per heavy atom. The second-order valence-electron chi connectivity index (χ2n) is 5.33. The Morgan fingerprint density at radius 3 is 2.64 bits per heavy atom. The molecule has 2 atom stereocenters. The summed E-state index contributed by atoms with van der Waals surface area (Å²) in [6.45, 7) is 0.140. The summed E-state index contributed by atoms with van der Waals surface area (Å²) in [6, 6.07) is 9.87. The normalized spacial score (nSPS) is 13.1. The van der Waals surface area contributed by atoms with E-state index in [1.54, 1.807) is 0 Å². The van der Waals surface area contributed by atoms with Crippen molar-refractivity contribution in [1.29, 1.82) is 0 Å². The molecule has 2 unspecified atom stereocenters. The first kappa shape index (κ1) is 18.8. The van der Waals surface area contributed by atoms with Crippen molar-refractivity contribution in [3.05, 3.63) is 65.5 Å². The molecule has 1 amide bonds. The molecule has 2 rings (SSSR count). The van der Waals surface area contributed by atoms with Gasteiger partial charge in [0.15, 0.2) is 5.82 Å². The molecule has 0 bridgehead atoms. The molecular formula is C17H18F2N2O4. The van der Waals surface area contributed by atoms with Crippen molar-refractivity contribution < 1.29 is 28.5 Å². The van der Waals surface area contributed by atoms with Crippen LogP contribution in [0.5, 0.6) is 0 Å². The lowest BCUT2D eigenvalue weighted by molar-refractivity contribution is 0.0131. The van der Waals surface area contributed by atoms with Crippen molar-refractivity contribution in [3.8, 4) is 0 Å². The van der Waals surface area contributed by atoms with E-state index in [4.69, 9.17) is 4.74 Å². The molecule has 0 saturated carbocycles. The van der Waals surface area contributed by atoms with Gasteiger partial charge in [-0.1, -0.05) is 30.3 Å². The lowest BCUT2D eigenvalue weighted by atomic mass is 10.0. The van der Waals surface area contributed by atoms with E-state index >= 15 is 0 Å². The Morgan fingerprint density at radius 2 is 1.96 bits per heavy atom. The Hall–Kier alpha value is -2.58. The maximum Gasteiger partial charge on any atom is 0.407 e. The number of hydrogen-bond donors (Lipinski definition) is 3. The highest BCUT2D eigenvalue weighted by atomic mass is 19.2. The molecule has 2 aromatic rings. The van der Waals surface area contributed by atoms with Crippen LogP contribution in [0.3, 0.4) is 0 Å². The molecule has 3 N–H and O–H groups in total. The molecule has 8 heteroatoms. The second kappa shape index (κ2) is 9.05. The first-order valence-electron chi connectivity index (χ1n) is 7.59. The average molecular weight is 352 g/mol. The van der Waals surface area contributed by atoms with Gasteiger partial charge in [0, 0.05) is 18.3 Å². The number of aliphatic hydroxyl groups excluding tert-OH is 2. The first-order chi connectivity index (χ1) is 12.0. The number of nitrogens with one attached hydrogen (secondary N) is 1. The summed E-state index contributed by atoms with van der Waals surface area (Å²) in [5.41, 5.74) is 0.775. The number of halogens is 2. The number of nitrogens with zero attached hydrogens (tertiary/aromatic N) is 1. The van der Waals surface area contributed by atoms with Gasteiger partial charge < -0.3 is 20.3 Å². The van der Waals surface area contributed by atoms with E-state index in [9.17, 15) is 23.8 Å². The van der Waals surface area contributed by atoms with Gasteiger partial charge in [-0.15, -0.1) is 0 Å². The molecule has 0 aliphatic heterocycles. The number of amides is 1. The van der Waals surface area contributed by atoms with E-state index in [-0.39, 0.29) is 25.1 Å². The fourth-order valence-electron chi connectivity index (χ4n) is 2.07. The van der Waals surface area contributed by atoms with Crippen molar-refractivity contribution in [2.24, 2.45) is 0 Å². The summed E-state index contributed by atoms with van der Waals surface area (Å²) in [5, 5.41) is 22.2. The second-order valence-corrected chi connectivity index (χ2v) is 5.33. The highest BCUT2D eigenvalue weighted by Crippen LogP contribution is 2.19.